The number of methoxy groups -OCH3 is 2. The average molecular weight is 360 g/mol. The number of aryl methyl sites for hydroxylation is 1. The molecule has 0 spiro atoms. The van der Waals surface area contributed by atoms with E-state index in [1.54, 1.807) is 26.4 Å². The van der Waals surface area contributed by atoms with Crippen LogP contribution in [0.5, 0.6) is 11.5 Å². The summed E-state index contributed by atoms with van der Waals surface area (Å²) in [5, 5.41) is 3.83. The molecule has 0 saturated heterocycles. The molecule has 0 saturated carbocycles. The molecule has 1 N–H and O–H groups in total. The molecular weight excluding hydrogens is 339 g/mol. The summed E-state index contributed by atoms with van der Waals surface area (Å²) in [6.45, 7) is 2.12. The second-order valence-corrected chi connectivity index (χ2v) is 6.42. The molecular formula is C19H21FN2O2S. The molecule has 3 rings (SSSR count). The van der Waals surface area contributed by atoms with Crippen LogP contribution in [-0.2, 0) is 6.42 Å². The number of hydrogen-bond donors (Lipinski definition) is 1. The minimum Gasteiger partial charge on any atom is -0.493 e. The third kappa shape index (κ3) is 3.54. The molecule has 0 aromatic heterocycles. The van der Waals surface area contributed by atoms with E-state index in [0.29, 0.717) is 16.6 Å². The number of halogens is 1. The quantitative estimate of drug-likeness (QED) is 0.822. The molecule has 0 radical (unpaired) electrons. The van der Waals surface area contributed by atoms with Gasteiger partial charge < -0.3 is 19.7 Å². The minimum absolute atomic E-state index is 0.216. The zero-order valence-electron chi connectivity index (χ0n) is 14.5. The normalized spacial score (nSPS) is 16.2. The maximum Gasteiger partial charge on any atom is 0.178 e. The number of fused-ring (bicyclic) bond motifs is 1. The molecule has 2 aromatic rings. The molecule has 1 heterocycles. The Balaban J connectivity index is 1.86. The van der Waals surface area contributed by atoms with Gasteiger partial charge >= 0.3 is 0 Å². The fourth-order valence-electron chi connectivity index (χ4n) is 3.13. The second kappa shape index (κ2) is 7.27. The third-order valence-corrected chi connectivity index (χ3v) is 4.73. The van der Waals surface area contributed by atoms with Crippen LogP contribution < -0.4 is 19.7 Å². The van der Waals surface area contributed by atoms with Gasteiger partial charge in [0, 0.05) is 23.5 Å². The average Bonchev–Trinajstić information content (AvgIpc) is 2.61. The van der Waals surface area contributed by atoms with E-state index in [0.717, 1.165) is 29.8 Å². The summed E-state index contributed by atoms with van der Waals surface area (Å²) in [5.41, 5.74) is 2.75. The van der Waals surface area contributed by atoms with Crippen LogP contribution in [0.2, 0.25) is 0 Å². The summed E-state index contributed by atoms with van der Waals surface area (Å²) in [4.78, 5) is 2.05. The number of anilines is 2. The number of nitrogens with zero attached hydrogens (tertiary/aromatic N) is 1. The predicted octanol–water partition coefficient (Wildman–Crippen LogP) is 4.38. The highest BCUT2D eigenvalue weighted by Crippen LogP contribution is 2.33. The van der Waals surface area contributed by atoms with Crippen molar-refractivity contribution in [2.45, 2.75) is 25.8 Å². The first-order valence-electron chi connectivity index (χ1n) is 8.14. The van der Waals surface area contributed by atoms with Crippen LogP contribution in [0.25, 0.3) is 0 Å². The summed E-state index contributed by atoms with van der Waals surface area (Å²) in [6.07, 6.45) is 1.77. The Hall–Kier alpha value is -2.34. The lowest BCUT2D eigenvalue weighted by Crippen LogP contribution is -2.44. The molecule has 2 aromatic carbocycles. The number of nitrogens with one attached hydrogen (secondary N) is 1. The van der Waals surface area contributed by atoms with E-state index >= 15 is 0 Å². The Morgan fingerprint density at radius 3 is 2.64 bits per heavy atom. The lowest BCUT2D eigenvalue weighted by molar-refractivity contribution is 0.355. The molecule has 1 aliphatic heterocycles. The van der Waals surface area contributed by atoms with Gasteiger partial charge in [0.25, 0.3) is 0 Å². The Morgan fingerprint density at radius 1 is 1.16 bits per heavy atom. The van der Waals surface area contributed by atoms with E-state index in [2.05, 4.69) is 12.2 Å². The van der Waals surface area contributed by atoms with Crippen molar-refractivity contribution in [3.63, 3.8) is 0 Å². The molecule has 25 heavy (non-hydrogen) atoms. The van der Waals surface area contributed by atoms with Gasteiger partial charge in [0.05, 0.1) is 14.2 Å². The molecule has 0 amide bonds. The van der Waals surface area contributed by atoms with Crippen molar-refractivity contribution in [3.05, 3.63) is 47.8 Å². The van der Waals surface area contributed by atoms with Crippen molar-refractivity contribution in [1.29, 1.82) is 0 Å². The van der Waals surface area contributed by atoms with E-state index in [1.807, 2.05) is 23.1 Å². The SMILES string of the molecule is COc1ccc(NC(=S)N2c3ccc(F)cc3CC[C@H]2C)cc1OC. The van der Waals surface area contributed by atoms with E-state index < -0.39 is 0 Å². The van der Waals surface area contributed by atoms with Gasteiger partial charge in [-0.3, -0.25) is 0 Å². The highest BCUT2D eigenvalue weighted by atomic mass is 32.1. The summed E-state index contributed by atoms with van der Waals surface area (Å²) < 4.78 is 24.1. The molecule has 132 valence electrons. The number of benzene rings is 2. The maximum atomic E-state index is 13.5. The van der Waals surface area contributed by atoms with Gasteiger partial charge in [0.15, 0.2) is 16.6 Å². The largest absolute Gasteiger partial charge is 0.493 e. The molecule has 0 fully saturated rings. The highest BCUT2D eigenvalue weighted by Gasteiger charge is 2.26. The molecule has 4 nitrogen and oxygen atoms in total. The molecule has 0 aliphatic carbocycles. The van der Waals surface area contributed by atoms with E-state index in [4.69, 9.17) is 21.7 Å². The Kier molecular flexibility index (Phi) is 5.08. The lowest BCUT2D eigenvalue weighted by atomic mass is 9.97. The topological polar surface area (TPSA) is 33.7 Å². The zero-order chi connectivity index (χ0) is 18.0. The fraction of sp³-hybridized carbons (Fsp3) is 0.316. The number of hydrogen-bond acceptors (Lipinski definition) is 3. The minimum atomic E-state index is -0.216. The summed E-state index contributed by atoms with van der Waals surface area (Å²) in [6, 6.07) is 10.6. The van der Waals surface area contributed by atoms with Crippen molar-refractivity contribution < 1.29 is 13.9 Å². The van der Waals surface area contributed by atoms with E-state index in [1.165, 1.54) is 6.07 Å². The van der Waals surface area contributed by atoms with Gasteiger partial charge in [-0.15, -0.1) is 0 Å². The fourth-order valence-corrected chi connectivity index (χ4v) is 3.52. The lowest BCUT2D eigenvalue weighted by Gasteiger charge is -2.37. The van der Waals surface area contributed by atoms with E-state index in [9.17, 15) is 4.39 Å². The molecule has 0 bridgehead atoms. The first kappa shape index (κ1) is 17.5. The van der Waals surface area contributed by atoms with E-state index in [-0.39, 0.29) is 11.9 Å². The van der Waals surface area contributed by atoms with Crippen LogP contribution in [0.15, 0.2) is 36.4 Å². The van der Waals surface area contributed by atoms with Gasteiger partial charge in [0.2, 0.25) is 0 Å². The van der Waals surface area contributed by atoms with Gasteiger partial charge in [-0.2, -0.15) is 0 Å². The van der Waals surface area contributed by atoms with Crippen molar-refractivity contribution in [2.24, 2.45) is 0 Å². The summed E-state index contributed by atoms with van der Waals surface area (Å²) in [7, 11) is 3.19. The first-order chi connectivity index (χ1) is 12.0. The number of rotatable bonds is 3. The van der Waals surface area contributed by atoms with Gasteiger partial charge in [-0.1, -0.05) is 0 Å². The molecule has 1 atom stereocenters. The molecule has 6 heteroatoms. The third-order valence-electron chi connectivity index (χ3n) is 4.43. The van der Waals surface area contributed by atoms with Crippen LogP contribution in [-0.4, -0.2) is 25.4 Å². The standard InChI is InChI=1S/C19H21FN2O2S/c1-12-4-5-13-10-14(20)6-8-16(13)22(12)19(25)21-15-7-9-17(23-2)18(11-15)24-3/h6-12H,4-5H2,1-3H3,(H,21,25)/t12-/m1/s1. The summed E-state index contributed by atoms with van der Waals surface area (Å²) in [5.74, 6) is 1.07. The monoisotopic (exact) mass is 360 g/mol. The van der Waals surface area contributed by atoms with Gasteiger partial charge in [0.1, 0.15) is 5.82 Å². The van der Waals surface area contributed by atoms with Crippen LogP contribution in [0.1, 0.15) is 18.9 Å². The van der Waals surface area contributed by atoms with Crippen molar-refractivity contribution in [3.8, 4) is 11.5 Å². The Bertz CT molecular complexity index is 797. The van der Waals surface area contributed by atoms with Crippen molar-refractivity contribution in [1.82, 2.24) is 0 Å². The summed E-state index contributed by atoms with van der Waals surface area (Å²) >= 11 is 5.63. The first-order valence-corrected chi connectivity index (χ1v) is 8.55. The van der Waals surface area contributed by atoms with Gasteiger partial charge in [-0.25, -0.2) is 4.39 Å². The van der Waals surface area contributed by atoms with Crippen LogP contribution in [0.4, 0.5) is 15.8 Å². The van der Waals surface area contributed by atoms with Crippen LogP contribution in [0, 0.1) is 5.82 Å². The predicted molar refractivity (Wildman–Crippen MR) is 102 cm³/mol. The van der Waals surface area contributed by atoms with Gasteiger partial charge in [-0.05, 0) is 67.9 Å². The number of thiocarbonyl (C=S) groups is 1. The highest BCUT2D eigenvalue weighted by molar-refractivity contribution is 7.80. The van der Waals surface area contributed by atoms with Crippen LogP contribution in [0.3, 0.4) is 0 Å². The maximum absolute atomic E-state index is 13.5. The van der Waals surface area contributed by atoms with Crippen molar-refractivity contribution >= 4 is 28.7 Å². The second-order valence-electron chi connectivity index (χ2n) is 6.03. The smallest absolute Gasteiger partial charge is 0.178 e. The zero-order valence-corrected chi connectivity index (χ0v) is 15.3. The Labute approximate surface area is 152 Å². The number of ether oxygens (including phenoxy) is 2. The molecule has 1 aliphatic rings. The van der Waals surface area contributed by atoms with Crippen LogP contribution >= 0.6 is 12.2 Å². The molecule has 0 unspecified atom stereocenters. The van der Waals surface area contributed by atoms with Crippen molar-refractivity contribution in [2.75, 3.05) is 24.4 Å². The Morgan fingerprint density at radius 2 is 1.92 bits per heavy atom.